The van der Waals surface area contributed by atoms with Crippen molar-refractivity contribution < 1.29 is 9.15 Å². The molecule has 0 atom stereocenters. The molecule has 0 aliphatic rings. The number of benzene rings is 1. The van der Waals surface area contributed by atoms with Crippen molar-refractivity contribution in [3.8, 4) is 11.8 Å². The molecule has 0 saturated heterocycles. The zero-order valence-corrected chi connectivity index (χ0v) is 8.15. The molecule has 72 valence electrons. The van der Waals surface area contributed by atoms with E-state index >= 15 is 0 Å². The van der Waals surface area contributed by atoms with Crippen LogP contribution in [0.15, 0.2) is 34.9 Å². The van der Waals surface area contributed by atoms with E-state index in [2.05, 4.69) is 4.98 Å². The number of aromatic nitrogens is 1. The van der Waals surface area contributed by atoms with Crippen LogP contribution in [0, 0.1) is 13.8 Å². The number of aryl methyl sites for hydroxylation is 2. The maximum atomic E-state index is 5.38. The molecule has 1 heterocycles. The van der Waals surface area contributed by atoms with E-state index in [4.69, 9.17) is 9.15 Å². The molecule has 0 aliphatic heterocycles. The number of ether oxygens (including phenoxy) is 1. The second kappa shape index (κ2) is 3.54. The standard InChI is InChI=1S/C11H11NO2/c1-8-3-5-10(6-4-8)14-11-12-9(2)7-13-11/h3-7H,1-2H3. The van der Waals surface area contributed by atoms with Crippen LogP contribution in [-0.2, 0) is 0 Å². The third-order valence-electron chi connectivity index (χ3n) is 1.82. The summed E-state index contributed by atoms with van der Waals surface area (Å²) in [5, 5.41) is 0. The van der Waals surface area contributed by atoms with Crippen LogP contribution in [0.2, 0.25) is 0 Å². The number of hydrogen-bond acceptors (Lipinski definition) is 3. The Labute approximate surface area is 82.3 Å². The average Bonchev–Trinajstić information content (AvgIpc) is 2.56. The van der Waals surface area contributed by atoms with Gasteiger partial charge in [0.1, 0.15) is 12.0 Å². The molecule has 3 heteroatoms. The van der Waals surface area contributed by atoms with Gasteiger partial charge in [0.25, 0.3) is 0 Å². The number of rotatable bonds is 2. The SMILES string of the molecule is Cc1ccc(Oc2nc(C)co2)cc1. The molecule has 14 heavy (non-hydrogen) atoms. The van der Waals surface area contributed by atoms with Crippen LogP contribution in [-0.4, -0.2) is 4.98 Å². The topological polar surface area (TPSA) is 35.3 Å². The van der Waals surface area contributed by atoms with Crippen LogP contribution >= 0.6 is 0 Å². The van der Waals surface area contributed by atoms with Crippen LogP contribution in [0.1, 0.15) is 11.3 Å². The summed E-state index contributed by atoms with van der Waals surface area (Å²) in [4.78, 5) is 4.04. The third kappa shape index (κ3) is 1.93. The highest BCUT2D eigenvalue weighted by molar-refractivity contribution is 5.28. The van der Waals surface area contributed by atoms with Gasteiger partial charge in [-0.15, -0.1) is 0 Å². The molecule has 1 aromatic heterocycles. The van der Waals surface area contributed by atoms with Crippen LogP contribution < -0.4 is 4.74 Å². The first-order chi connectivity index (χ1) is 6.74. The maximum absolute atomic E-state index is 5.38. The van der Waals surface area contributed by atoms with Crippen molar-refractivity contribution in [2.45, 2.75) is 13.8 Å². The average molecular weight is 189 g/mol. The third-order valence-corrected chi connectivity index (χ3v) is 1.82. The molecule has 0 bridgehead atoms. The van der Waals surface area contributed by atoms with E-state index in [1.807, 2.05) is 38.1 Å². The minimum atomic E-state index is 0.284. The van der Waals surface area contributed by atoms with Crippen molar-refractivity contribution in [2.24, 2.45) is 0 Å². The zero-order chi connectivity index (χ0) is 9.97. The lowest BCUT2D eigenvalue weighted by molar-refractivity contribution is 0.330. The Balaban J connectivity index is 2.15. The molecule has 0 radical (unpaired) electrons. The molecule has 0 amide bonds. The summed E-state index contributed by atoms with van der Waals surface area (Å²) in [6.07, 6.45) is 1.84. The molecule has 2 aromatic rings. The normalized spacial score (nSPS) is 10.1. The molecule has 0 saturated carbocycles. The summed E-state index contributed by atoms with van der Waals surface area (Å²) < 4.78 is 10.4. The van der Waals surface area contributed by atoms with Crippen molar-refractivity contribution in [1.82, 2.24) is 4.98 Å². The molecule has 1 aromatic carbocycles. The number of hydrogen-bond donors (Lipinski definition) is 0. The van der Waals surface area contributed by atoms with Crippen LogP contribution in [0.4, 0.5) is 0 Å². The second-order valence-electron chi connectivity index (χ2n) is 3.17. The molecule has 0 fully saturated rings. The fourth-order valence-corrected chi connectivity index (χ4v) is 1.09. The van der Waals surface area contributed by atoms with Crippen molar-refractivity contribution in [3.63, 3.8) is 0 Å². The fraction of sp³-hybridized carbons (Fsp3) is 0.182. The molecule has 3 nitrogen and oxygen atoms in total. The minimum Gasteiger partial charge on any atom is -0.417 e. The Kier molecular flexibility index (Phi) is 2.23. The lowest BCUT2D eigenvalue weighted by Crippen LogP contribution is -1.84. The van der Waals surface area contributed by atoms with E-state index in [9.17, 15) is 0 Å². The molecular formula is C11H11NO2. The second-order valence-corrected chi connectivity index (χ2v) is 3.17. The molecule has 0 aliphatic carbocycles. The van der Waals surface area contributed by atoms with Gasteiger partial charge >= 0.3 is 6.08 Å². The van der Waals surface area contributed by atoms with Gasteiger partial charge in [-0.1, -0.05) is 17.7 Å². The fourth-order valence-electron chi connectivity index (χ4n) is 1.09. The number of nitrogens with zero attached hydrogens (tertiary/aromatic N) is 1. The van der Waals surface area contributed by atoms with Gasteiger partial charge in [-0.2, -0.15) is 4.98 Å². The van der Waals surface area contributed by atoms with Gasteiger partial charge in [0.2, 0.25) is 0 Å². The molecule has 0 N–H and O–H groups in total. The summed E-state index contributed by atoms with van der Waals surface area (Å²) in [5.41, 5.74) is 2.01. The Morgan fingerprint density at radius 2 is 1.86 bits per heavy atom. The largest absolute Gasteiger partial charge is 0.417 e. The first kappa shape index (κ1) is 8.81. The van der Waals surface area contributed by atoms with Crippen molar-refractivity contribution in [2.75, 3.05) is 0 Å². The quantitative estimate of drug-likeness (QED) is 0.728. The predicted octanol–water partition coefficient (Wildman–Crippen LogP) is 3.08. The first-order valence-electron chi connectivity index (χ1n) is 4.41. The Morgan fingerprint density at radius 1 is 1.14 bits per heavy atom. The Bertz CT molecular complexity index is 417. The summed E-state index contributed by atoms with van der Waals surface area (Å²) in [6.45, 7) is 3.88. The number of oxazole rings is 1. The molecule has 2 rings (SSSR count). The van der Waals surface area contributed by atoms with Crippen LogP contribution in [0.25, 0.3) is 0 Å². The van der Waals surface area contributed by atoms with E-state index in [-0.39, 0.29) is 6.08 Å². The van der Waals surface area contributed by atoms with Crippen LogP contribution in [0.5, 0.6) is 11.8 Å². The van der Waals surface area contributed by atoms with Crippen molar-refractivity contribution in [3.05, 3.63) is 41.8 Å². The zero-order valence-electron chi connectivity index (χ0n) is 8.15. The monoisotopic (exact) mass is 189 g/mol. The van der Waals surface area contributed by atoms with E-state index in [1.54, 1.807) is 6.26 Å². The van der Waals surface area contributed by atoms with Gasteiger partial charge in [0.15, 0.2) is 0 Å². The lowest BCUT2D eigenvalue weighted by Gasteiger charge is -1.99. The highest BCUT2D eigenvalue weighted by Crippen LogP contribution is 2.20. The molecular weight excluding hydrogens is 178 g/mol. The van der Waals surface area contributed by atoms with Gasteiger partial charge in [0, 0.05) is 0 Å². The van der Waals surface area contributed by atoms with Crippen molar-refractivity contribution >= 4 is 0 Å². The Hall–Kier alpha value is -1.77. The highest BCUT2D eigenvalue weighted by Gasteiger charge is 2.02. The highest BCUT2D eigenvalue weighted by atomic mass is 16.6. The minimum absolute atomic E-state index is 0.284. The van der Waals surface area contributed by atoms with E-state index in [1.165, 1.54) is 5.56 Å². The Morgan fingerprint density at radius 3 is 2.43 bits per heavy atom. The van der Waals surface area contributed by atoms with Gasteiger partial charge in [-0.25, -0.2) is 0 Å². The molecule has 0 spiro atoms. The maximum Gasteiger partial charge on any atom is 0.399 e. The van der Waals surface area contributed by atoms with Crippen molar-refractivity contribution in [1.29, 1.82) is 0 Å². The molecule has 0 unspecified atom stereocenters. The smallest absolute Gasteiger partial charge is 0.399 e. The summed E-state index contributed by atoms with van der Waals surface area (Å²) >= 11 is 0. The van der Waals surface area contributed by atoms with Gasteiger partial charge in [0.05, 0.1) is 5.69 Å². The lowest BCUT2D eigenvalue weighted by atomic mass is 10.2. The van der Waals surface area contributed by atoms with Gasteiger partial charge < -0.3 is 9.15 Å². The summed E-state index contributed by atoms with van der Waals surface area (Å²) in [5.74, 6) is 0.734. The summed E-state index contributed by atoms with van der Waals surface area (Å²) in [6, 6.07) is 7.72. The van der Waals surface area contributed by atoms with E-state index in [0.29, 0.717) is 0 Å². The first-order valence-corrected chi connectivity index (χ1v) is 4.41. The predicted molar refractivity (Wildman–Crippen MR) is 52.5 cm³/mol. The van der Waals surface area contributed by atoms with Crippen LogP contribution in [0.3, 0.4) is 0 Å². The summed E-state index contributed by atoms with van der Waals surface area (Å²) in [7, 11) is 0. The van der Waals surface area contributed by atoms with E-state index in [0.717, 1.165) is 11.4 Å². The van der Waals surface area contributed by atoms with Gasteiger partial charge in [-0.05, 0) is 26.0 Å². The van der Waals surface area contributed by atoms with Gasteiger partial charge in [-0.3, -0.25) is 0 Å². The van der Waals surface area contributed by atoms with E-state index < -0.39 is 0 Å².